The molecule has 2 unspecified atom stereocenters. The summed E-state index contributed by atoms with van der Waals surface area (Å²) in [7, 11) is 0. The van der Waals surface area contributed by atoms with E-state index in [1.54, 1.807) is 11.8 Å². The summed E-state index contributed by atoms with van der Waals surface area (Å²) in [5.74, 6) is 0.394. The van der Waals surface area contributed by atoms with Crippen LogP contribution < -0.4 is 21.5 Å². The number of nitrogens with two attached hydrogens (primary N) is 1. The van der Waals surface area contributed by atoms with E-state index < -0.39 is 12.5 Å². The molecule has 106 valence electrons. The zero-order valence-electron chi connectivity index (χ0n) is 10.5. The number of H-pyrrole nitrogens is 1. The summed E-state index contributed by atoms with van der Waals surface area (Å²) in [6, 6.07) is 0. The Morgan fingerprint density at radius 2 is 2.37 bits per heavy atom. The van der Waals surface area contributed by atoms with Gasteiger partial charge in [0.1, 0.15) is 11.9 Å². The van der Waals surface area contributed by atoms with Gasteiger partial charge < -0.3 is 30.9 Å². The third-order valence-corrected chi connectivity index (χ3v) is 2.79. The Hall–Kier alpha value is -1.84. The van der Waals surface area contributed by atoms with E-state index in [-0.39, 0.29) is 24.5 Å². The van der Waals surface area contributed by atoms with Gasteiger partial charge in [-0.2, -0.15) is 4.98 Å². The van der Waals surface area contributed by atoms with Crippen LogP contribution in [0.1, 0.15) is 13.3 Å². The van der Waals surface area contributed by atoms with Crippen molar-refractivity contribution in [2.75, 3.05) is 29.2 Å². The van der Waals surface area contributed by atoms with E-state index in [4.69, 9.17) is 15.6 Å². The first-order chi connectivity index (χ1) is 9.02. The number of nitrogens with zero attached hydrogens (tertiary/aromatic N) is 2. The third kappa shape index (κ3) is 2.78. The predicted octanol–water partition coefficient (Wildman–Crippen LogP) is -1.40. The van der Waals surface area contributed by atoms with E-state index in [2.05, 4.69) is 15.3 Å². The highest BCUT2D eigenvalue weighted by Gasteiger charge is 2.28. The van der Waals surface area contributed by atoms with Gasteiger partial charge in [0.15, 0.2) is 12.1 Å². The molecule has 9 heteroatoms. The molecule has 19 heavy (non-hydrogen) atoms. The van der Waals surface area contributed by atoms with Gasteiger partial charge in [0.25, 0.3) is 5.56 Å². The molecule has 0 radical (unpaired) electrons. The molecular weight excluding hydrogens is 254 g/mol. The number of rotatable bonds is 5. The van der Waals surface area contributed by atoms with Crippen molar-refractivity contribution in [2.45, 2.75) is 25.9 Å². The van der Waals surface area contributed by atoms with Gasteiger partial charge in [-0.1, -0.05) is 0 Å². The van der Waals surface area contributed by atoms with Gasteiger partial charge in [-0.3, -0.25) is 9.78 Å². The summed E-state index contributed by atoms with van der Waals surface area (Å²) in [4.78, 5) is 19.7. The predicted molar refractivity (Wildman–Crippen MR) is 68.5 cm³/mol. The first-order valence-corrected chi connectivity index (χ1v) is 5.87. The molecule has 6 N–H and O–H groups in total. The van der Waals surface area contributed by atoms with Crippen LogP contribution in [0, 0.1) is 0 Å². The highest BCUT2D eigenvalue weighted by molar-refractivity contribution is 5.70. The van der Waals surface area contributed by atoms with E-state index in [1.165, 1.54) is 0 Å². The maximum Gasteiger partial charge on any atom is 0.277 e. The van der Waals surface area contributed by atoms with Crippen LogP contribution in [0.15, 0.2) is 4.79 Å². The second-order valence-electron chi connectivity index (χ2n) is 4.16. The molecule has 0 saturated heterocycles. The van der Waals surface area contributed by atoms with Gasteiger partial charge >= 0.3 is 0 Å². The average Bonchev–Trinajstić information content (AvgIpc) is 2.72. The molecule has 0 amide bonds. The standard InChI is InChI=1S/C10H17N5O4/c1-5(19-6(17)2-3-16)15-4-12-7-8(15)13-10(11)14-9(7)18/h5-6,12,16-17H,2-4H2,1H3,(H3,11,13,14,18). The minimum Gasteiger partial charge on any atom is -0.396 e. The first kappa shape index (κ1) is 13.6. The maximum absolute atomic E-state index is 11.6. The highest BCUT2D eigenvalue weighted by atomic mass is 16.6. The van der Waals surface area contributed by atoms with Gasteiger partial charge in [-0.15, -0.1) is 0 Å². The van der Waals surface area contributed by atoms with Gasteiger partial charge in [-0.25, -0.2) is 0 Å². The quantitative estimate of drug-likeness (QED) is 0.413. The fraction of sp³-hybridized carbons (Fsp3) is 0.600. The Morgan fingerprint density at radius 3 is 3.05 bits per heavy atom. The number of ether oxygens (including phenoxy) is 1. The lowest BCUT2D eigenvalue weighted by atomic mass is 10.4. The monoisotopic (exact) mass is 271 g/mol. The van der Waals surface area contributed by atoms with Crippen molar-refractivity contribution >= 4 is 17.5 Å². The Bertz CT molecular complexity index is 505. The normalized spacial score (nSPS) is 16.9. The number of anilines is 3. The number of aliphatic hydroxyl groups is 2. The zero-order chi connectivity index (χ0) is 14.0. The molecule has 9 nitrogen and oxygen atoms in total. The molecule has 0 aliphatic carbocycles. The lowest BCUT2D eigenvalue weighted by Crippen LogP contribution is -2.38. The molecule has 0 fully saturated rings. The first-order valence-electron chi connectivity index (χ1n) is 5.87. The molecule has 0 aromatic carbocycles. The van der Waals surface area contributed by atoms with Crippen LogP contribution in [0.25, 0.3) is 0 Å². The van der Waals surface area contributed by atoms with Crippen LogP contribution in [-0.2, 0) is 4.74 Å². The molecule has 0 spiro atoms. The van der Waals surface area contributed by atoms with E-state index >= 15 is 0 Å². The molecule has 0 bridgehead atoms. The molecule has 1 aromatic rings. The number of fused-ring (bicyclic) bond motifs is 1. The number of hydrogen-bond donors (Lipinski definition) is 5. The van der Waals surface area contributed by atoms with Gasteiger partial charge in [0.05, 0.1) is 6.67 Å². The van der Waals surface area contributed by atoms with Crippen molar-refractivity contribution in [3.05, 3.63) is 10.4 Å². The largest absolute Gasteiger partial charge is 0.396 e. The molecular formula is C10H17N5O4. The van der Waals surface area contributed by atoms with Gasteiger partial charge in [0.2, 0.25) is 5.95 Å². The number of nitrogens with one attached hydrogen (secondary N) is 2. The SMILES string of the molecule is CC(OC(O)CCO)N1CNc2c1nc(N)[nH]c2=O. The van der Waals surface area contributed by atoms with Crippen molar-refractivity contribution < 1.29 is 14.9 Å². The van der Waals surface area contributed by atoms with E-state index in [9.17, 15) is 9.90 Å². The Balaban J connectivity index is 2.15. The number of aromatic amines is 1. The summed E-state index contributed by atoms with van der Waals surface area (Å²) in [6.45, 7) is 1.85. The number of aliphatic hydroxyl groups excluding tert-OH is 2. The number of nitrogen functional groups attached to an aromatic ring is 1. The molecule has 1 aromatic heterocycles. The molecule has 2 atom stereocenters. The molecule has 1 aliphatic heterocycles. The van der Waals surface area contributed by atoms with Crippen molar-refractivity contribution in [3.63, 3.8) is 0 Å². The Labute approximate surface area is 109 Å². The second kappa shape index (κ2) is 5.43. The van der Waals surface area contributed by atoms with Crippen LogP contribution >= 0.6 is 0 Å². The summed E-state index contributed by atoms with van der Waals surface area (Å²) in [5.41, 5.74) is 5.47. The second-order valence-corrected chi connectivity index (χ2v) is 4.16. The molecule has 2 heterocycles. The summed E-state index contributed by atoms with van der Waals surface area (Å²) in [5, 5.41) is 21.1. The summed E-state index contributed by atoms with van der Waals surface area (Å²) in [6.07, 6.45) is -1.49. The lowest BCUT2D eigenvalue weighted by Gasteiger charge is -2.27. The van der Waals surface area contributed by atoms with E-state index in [0.29, 0.717) is 18.2 Å². The molecule has 1 aliphatic rings. The van der Waals surface area contributed by atoms with Crippen LogP contribution in [0.5, 0.6) is 0 Å². The topological polar surface area (TPSA) is 137 Å². The van der Waals surface area contributed by atoms with Crippen molar-refractivity contribution in [1.82, 2.24) is 9.97 Å². The number of hydrogen-bond acceptors (Lipinski definition) is 8. The highest BCUT2D eigenvalue weighted by Crippen LogP contribution is 2.27. The van der Waals surface area contributed by atoms with E-state index in [1.807, 2.05) is 0 Å². The van der Waals surface area contributed by atoms with Gasteiger partial charge in [-0.05, 0) is 6.92 Å². The fourth-order valence-electron chi connectivity index (χ4n) is 1.86. The summed E-state index contributed by atoms with van der Waals surface area (Å²) >= 11 is 0. The third-order valence-electron chi connectivity index (χ3n) is 2.79. The van der Waals surface area contributed by atoms with Crippen LogP contribution in [0.3, 0.4) is 0 Å². The molecule has 0 saturated carbocycles. The van der Waals surface area contributed by atoms with Crippen LogP contribution in [-0.4, -0.2) is 46.0 Å². The minimum atomic E-state index is -1.08. The maximum atomic E-state index is 11.6. The van der Waals surface area contributed by atoms with Crippen molar-refractivity contribution in [1.29, 1.82) is 0 Å². The zero-order valence-corrected chi connectivity index (χ0v) is 10.5. The number of aromatic nitrogens is 2. The average molecular weight is 271 g/mol. The van der Waals surface area contributed by atoms with E-state index in [0.717, 1.165) is 0 Å². The smallest absolute Gasteiger partial charge is 0.277 e. The summed E-state index contributed by atoms with van der Waals surface area (Å²) < 4.78 is 5.30. The molecule has 2 rings (SSSR count). The van der Waals surface area contributed by atoms with Crippen molar-refractivity contribution in [3.8, 4) is 0 Å². The van der Waals surface area contributed by atoms with Crippen molar-refractivity contribution in [2.24, 2.45) is 0 Å². The lowest BCUT2D eigenvalue weighted by molar-refractivity contribution is -0.137. The fourth-order valence-corrected chi connectivity index (χ4v) is 1.86. The Morgan fingerprint density at radius 1 is 1.63 bits per heavy atom. The van der Waals surface area contributed by atoms with Crippen LogP contribution in [0.2, 0.25) is 0 Å². The van der Waals surface area contributed by atoms with Crippen LogP contribution in [0.4, 0.5) is 17.5 Å². The Kier molecular flexibility index (Phi) is 3.88. The van der Waals surface area contributed by atoms with Gasteiger partial charge in [0, 0.05) is 13.0 Å². The minimum absolute atomic E-state index is 0.0144.